The zero-order valence-electron chi connectivity index (χ0n) is 18.6. The monoisotopic (exact) mass is 462 g/mol. The van der Waals surface area contributed by atoms with E-state index in [2.05, 4.69) is 59.0 Å². The zero-order chi connectivity index (χ0) is 22.1. The van der Waals surface area contributed by atoms with Gasteiger partial charge in [-0.15, -0.1) is 11.3 Å². The number of nitrogens with zero attached hydrogens (tertiary/aromatic N) is 4. The van der Waals surface area contributed by atoms with Gasteiger partial charge in [0.2, 0.25) is 5.28 Å². The Kier molecular flexibility index (Phi) is 6.11. The smallest absolute Gasteiger partial charge is 0.225 e. The quantitative estimate of drug-likeness (QED) is 0.300. The topological polar surface area (TPSA) is 41.9 Å². The van der Waals surface area contributed by atoms with E-state index in [1.165, 1.54) is 58.4 Å². The first-order valence-electron chi connectivity index (χ1n) is 11.4. The first-order chi connectivity index (χ1) is 15.6. The predicted molar refractivity (Wildman–Crippen MR) is 135 cm³/mol. The number of thiophene rings is 1. The molecule has 4 nitrogen and oxygen atoms in total. The predicted octanol–water partition coefficient (Wildman–Crippen LogP) is 6.66. The average Bonchev–Trinajstić information content (AvgIpc) is 3.15. The van der Waals surface area contributed by atoms with Crippen molar-refractivity contribution >= 4 is 39.0 Å². The van der Waals surface area contributed by atoms with Gasteiger partial charge in [0.15, 0.2) is 0 Å². The number of likely N-dealkylation sites (N-methyl/N-ethyl adjacent to an activating group) is 1. The average molecular weight is 463 g/mol. The highest BCUT2D eigenvalue weighted by atomic mass is 35.5. The number of pyridine rings is 1. The lowest BCUT2D eigenvalue weighted by atomic mass is 9.89. The van der Waals surface area contributed by atoms with E-state index in [4.69, 9.17) is 16.6 Å². The molecule has 3 aromatic heterocycles. The van der Waals surface area contributed by atoms with Crippen molar-refractivity contribution in [3.05, 3.63) is 69.6 Å². The molecule has 0 saturated heterocycles. The van der Waals surface area contributed by atoms with Gasteiger partial charge in [-0.3, -0.25) is 4.98 Å². The highest BCUT2D eigenvalue weighted by molar-refractivity contribution is 7.19. The Morgan fingerprint density at radius 2 is 1.81 bits per heavy atom. The van der Waals surface area contributed by atoms with E-state index in [0.717, 1.165) is 35.5 Å². The largest absolute Gasteiger partial charge is 0.356 e. The minimum absolute atomic E-state index is 0.313. The molecule has 0 bridgehead atoms. The fourth-order valence-corrected chi connectivity index (χ4v) is 6.02. The Labute approximate surface area is 198 Å². The molecule has 0 radical (unpaired) electrons. The summed E-state index contributed by atoms with van der Waals surface area (Å²) in [5, 5.41) is 1.44. The summed E-state index contributed by atoms with van der Waals surface area (Å²) in [4.78, 5) is 18.0. The van der Waals surface area contributed by atoms with Crippen molar-refractivity contribution in [1.82, 2.24) is 15.0 Å². The Balaban J connectivity index is 1.60. The summed E-state index contributed by atoms with van der Waals surface area (Å²) in [6.45, 7) is 6.08. The molecule has 5 rings (SSSR count). The van der Waals surface area contributed by atoms with Crippen LogP contribution in [0.5, 0.6) is 0 Å². The summed E-state index contributed by atoms with van der Waals surface area (Å²) in [5.41, 5.74) is 6.80. The normalized spacial score (nSPS) is 13.3. The Hall–Kier alpha value is -2.50. The highest BCUT2D eigenvalue weighted by Crippen LogP contribution is 2.43. The molecule has 6 heteroatoms. The molecule has 0 amide bonds. The van der Waals surface area contributed by atoms with E-state index in [1.54, 1.807) is 11.3 Å². The fourth-order valence-electron chi connectivity index (χ4n) is 4.76. The number of aromatic nitrogens is 3. The number of fused-ring (bicyclic) bond motifs is 2. The molecule has 0 N–H and O–H groups in total. The van der Waals surface area contributed by atoms with Gasteiger partial charge in [0.25, 0.3) is 0 Å². The Bertz CT molecular complexity index is 1250. The van der Waals surface area contributed by atoms with Crippen molar-refractivity contribution in [3.63, 3.8) is 0 Å². The number of hydrogen-bond donors (Lipinski definition) is 0. The maximum atomic E-state index is 6.39. The first kappa shape index (κ1) is 21.4. The molecule has 4 aromatic rings. The van der Waals surface area contributed by atoms with E-state index < -0.39 is 0 Å². The van der Waals surface area contributed by atoms with Gasteiger partial charge in [0.05, 0.1) is 5.39 Å². The standard InChI is InChI=1S/C26H27ClN4S/c1-3-31(15-12-18-10-13-28-14-11-18)24-23-22(17(2)32-25(23)30-26(27)29-24)21-9-8-19-6-4-5-7-20(19)16-21/h8-11,13-14,16H,3-7,12,15H2,1-2H3. The molecule has 164 valence electrons. The van der Waals surface area contributed by atoms with Gasteiger partial charge in [-0.05, 0) is 91.9 Å². The fraction of sp³-hybridized carbons (Fsp3) is 0.346. The van der Waals surface area contributed by atoms with E-state index in [-0.39, 0.29) is 0 Å². The zero-order valence-corrected chi connectivity index (χ0v) is 20.1. The van der Waals surface area contributed by atoms with Crippen LogP contribution < -0.4 is 4.90 Å². The van der Waals surface area contributed by atoms with Gasteiger partial charge in [-0.1, -0.05) is 18.2 Å². The molecular formula is C26H27ClN4S. The van der Waals surface area contributed by atoms with Gasteiger partial charge in [0, 0.05) is 35.9 Å². The molecule has 0 aliphatic heterocycles. The lowest BCUT2D eigenvalue weighted by Crippen LogP contribution is -2.26. The molecule has 0 unspecified atom stereocenters. The Morgan fingerprint density at radius 1 is 1.03 bits per heavy atom. The van der Waals surface area contributed by atoms with Crippen molar-refractivity contribution in [2.45, 2.75) is 46.0 Å². The Morgan fingerprint density at radius 3 is 2.59 bits per heavy atom. The van der Waals surface area contributed by atoms with Crippen LogP contribution in [-0.2, 0) is 19.3 Å². The van der Waals surface area contributed by atoms with Crippen LogP contribution in [0.4, 0.5) is 5.82 Å². The molecule has 32 heavy (non-hydrogen) atoms. The summed E-state index contributed by atoms with van der Waals surface area (Å²) < 4.78 is 0. The molecule has 0 spiro atoms. The van der Waals surface area contributed by atoms with E-state index >= 15 is 0 Å². The molecule has 0 atom stereocenters. The van der Waals surface area contributed by atoms with Crippen LogP contribution in [0.15, 0.2) is 42.7 Å². The summed E-state index contributed by atoms with van der Waals surface area (Å²) >= 11 is 8.11. The number of halogens is 1. The minimum Gasteiger partial charge on any atom is -0.356 e. The first-order valence-corrected chi connectivity index (χ1v) is 12.6. The van der Waals surface area contributed by atoms with Gasteiger partial charge in [-0.2, -0.15) is 4.98 Å². The third-order valence-corrected chi connectivity index (χ3v) is 7.59. The van der Waals surface area contributed by atoms with E-state index in [0.29, 0.717) is 5.28 Å². The number of anilines is 1. The minimum atomic E-state index is 0.313. The second-order valence-corrected chi connectivity index (χ2v) is 9.95. The van der Waals surface area contributed by atoms with Crippen LogP contribution in [0.3, 0.4) is 0 Å². The van der Waals surface area contributed by atoms with E-state index in [1.807, 2.05) is 12.4 Å². The summed E-state index contributed by atoms with van der Waals surface area (Å²) in [5.74, 6) is 0.939. The van der Waals surface area contributed by atoms with Gasteiger partial charge in [0.1, 0.15) is 10.6 Å². The lowest BCUT2D eigenvalue weighted by molar-refractivity contribution is 0.686. The molecular weight excluding hydrogens is 436 g/mol. The van der Waals surface area contributed by atoms with Gasteiger partial charge >= 0.3 is 0 Å². The SMILES string of the molecule is CCN(CCc1ccncc1)c1nc(Cl)nc2sc(C)c(-c3ccc4c(c3)CCCC4)c12. The molecule has 1 aliphatic rings. The molecule has 1 aromatic carbocycles. The van der Waals surface area contributed by atoms with Crippen LogP contribution >= 0.6 is 22.9 Å². The lowest BCUT2D eigenvalue weighted by Gasteiger charge is -2.24. The molecule has 3 heterocycles. The van der Waals surface area contributed by atoms with Crippen molar-refractivity contribution in [2.75, 3.05) is 18.0 Å². The highest BCUT2D eigenvalue weighted by Gasteiger charge is 2.22. The maximum absolute atomic E-state index is 6.39. The van der Waals surface area contributed by atoms with Crippen molar-refractivity contribution in [1.29, 1.82) is 0 Å². The van der Waals surface area contributed by atoms with Crippen LogP contribution in [0.2, 0.25) is 5.28 Å². The molecule has 0 fully saturated rings. The van der Waals surface area contributed by atoms with Gasteiger partial charge in [-0.25, -0.2) is 4.98 Å². The second kappa shape index (κ2) is 9.16. The second-order valence-electron chi connectivity index (χ2n) is 8.41. The summed E-state index contributed by atoms with van der Waals surface area (Å²) in [6.07, 6.45) is 9.57. The number of hydrogen-bond acceptors (Lipinski definition) is 5. The maximum Gasteiger partial charge on any atom is 0.225 e. The summed E-state index contributed by atoms with van der Waals surface area (Å²) in [6, 6.07) is 11.1. The molecule has 1 aliphatic carbocycles. The van der Waals surface area contributed by atoms with Crippen LogP contribution in [0.25, 0.3) is 21.3 Å². The third kappa shape index (κ3) is 4.12. The van der Waals surface area contributed by atoms with Crippen LogP contribution in [0, 0.1) is 6.92 Å². The number of rotatable bonds is 6. The van der Waals surface area contributed by atoms with Crippen molar-refractivity contribution in [2.24, 2.45) is 0 Å². The van der Waals surface area contributed by atoms with Gasteiger partial charge < -0.3 is 4.90 Å². The number of aryl methyl sites for hydroxylation is 3. The van der Waals surface area contributed by atoms with Crippen molar-refractivity contribution in [3.8, 4) is 11.1 Å². The van der Waals surface area contributed by atoms with E-state index in [9.17, 15) is 0 Å². The summed E-state index contributed by atoms with van der Waals surface area (Å²) in [7, 11) is 0. The molecule has 0 saturated carbocycles. The van der Waals surface area contributed by atoms with Crippen LogP contribution in [0.1, 0.15) is 41.3 Å². The third-order valence-electron chi connectivity index (χ3n) is 6.42. The number of benzene rings is 1. The van der Waals surface area contributed by atoms with Crippen molar-refractivity contribution < 1.29 is 0 Å². The van der Waals surface area contributed by atoms with Crippen LogP contribution in [-0.4, -0.2) is 28.0 Å².